The number of rotatable bonds is 4. The molecular weight excluding hydrogens is 491 g/mol. The van der Waals surface area contributed by atoms with E-state index in [9.17, 15) is 0 Å². The molecule has 0 saturated heterocycles. The Balaban J connectivity index is 1.29. The first-order chi connectivity index (χ1) is 20.2. The van der Waals surface area contributed by atoms with Crippen LogP contribution in [0.15, 0.2) is 145 Å². The third-order valence-corrected chi connectivity index (χ3v) is 9.35. The lowest BCUT2D eigenvalue weighted by atomic mass is 9.49. The lowest BCUT2D eigenvalue weighted by molar-refractivity contribution is 1.04. The second-order valence-corrected chi connectivity index (χ2v) is 11.5. The fourth-order valence-corrected chi connectivity index (χ4v) is 7.48. The zero-order valence-electron chi connectivity index (χ0n) is 23.4. The Hall–Kier alpha value is -4.62. The minimum absolute atomic E-state index is 0.250. The van der Waals surface area contributed by atoms with E-state index in [4.69, 9.17) is 0 Å². The molecule has 0 N–H and O–H groups in total. The van der Waals surface area contributed by atoms with Crippen LogP contribution in [0.5, 0.6) is 0 Å². The Morgan fingerprint density at radius 3 is 1.24 bits per heavy atom. The van der Waals surface area contributed by atoms with Crippen molar-refractivity contribution in [2.24, 2.45) is 0 Å². The van der Waals surface area contributed by atoms with E-state index in [2.05, 4.69) is 155 Å². The van der Waals surface area contributed by atoms with E-state index in [0.717, 1.165) is 0 Å². The van der Waals surface area contributed by atoms with Crippen molar-refractivity contribution in [3.05, 3.63) is 178 Å². The van der Waals surface area contributed by atoms with Crippen molar-refractivity contribution in [1.82, 2.24) is 0 Å². The number of hydrogen-bond acceptors (Lipinski definition) is 0. The van der Waals surface area contributed by atoms with Gasteiger partial charge in [-0.05, 0) is 91.6 Å². The van der Waals surface area contributed by atoms with Crippen LogP contribution in [0, 0.1) is 0 Å². The molecule has 2 aliphatic carbocycles. The van der Waals surface area contributed by atoms with Crippen molar-refractivity contribution >= 4 is 40.0 Å². The minimum Gasteiger partial charge on any atom is -0.0653 e. The molecule has 2 atom stereocenters. The van der Waals surface area contributed by atoms with Crippen molar-refractivity contribution in [2.45, 2.75) is 25.5 Å². The van der Waals surface area contributed by atoms with Crippen LogP contribution < -0.4 is 0 Å². The SMILES string of the molecule is CC1=C(c2cccc3ccccc23)c2ccccc2C1[B]C1C(C)=C(c2cccc3ccccc23)c2ccccc21. The Morgan fingerprint density at radius 2 is 0.756 bits per heavy atom. The van der Waals surface area contributed by atoms with Gasteiger partial charge in [-0.3, -0.25) is 0 Å². The fraction of sp³-hybridized carbons (Fsp3) is 0.100. The highest BCUT2D eigenvalue weighted by Gasteiger charge is 2.37. The molecule has 2 aliphatic rings. The normalized spacial score (nSPS) is 17.8. The predicted octanol–water partition coefficient (Wildman–Crippen LogP) is 10.2. The molecule has 0 aliphatic heterocycles. The lowest BCUT2D eigenvalue weighted by Gasteiger charge is -2.20. The minimum atomic E-state index is 0.250. The molecule has 0 fully saturated rings. The van der Waals surface area contributed by atoms with Gasteiger partial charge in [0, 0.05) is 0 Å². The van der Waals surface area contributed by atoms with Crippen molar-refractivity contribution in [2.75, 3.05) is 0 Å². The van der Waals surface area contributed by atoms with Gasteiger partial charge < -0.3 is 0 Å². The zero-order valence-corrected chi connectivity index (χ0v) is 23.4. The summed E-state index contributed by atoms with van der Waals surface area (Å²) in [4.78, 5) is 0. The Labute approximate surface area is 242 Å². The van der Waals surface area contributed by atoms with Crippen molar-refractivity contribution in [3.63, 3.8) is 0 Å². The summed E-state index contributed by atoms with van der Waals surface area (Å²) in [7, 11) is 2.62. The molecule has 41 heavy (non-hydrogen) atoms. The van der Waals surface area contributed by atoms with Crippen molar-refractivity contribution in [1.29, 1.82) is 0 Å². The van der Waals surface area contributed by atoms with Gasteiger partial charge in [0.15, 0.2) is 0 Å². The van der Waals surface area contributed by atoms with E-state index >= 15 is 0 Å². The van der Waals surface area contributed by atoms with Crippen LogP contribution in [0.1, 0.15) is 58.9 Å². The van der Waals surface area contributed by atoms with Gasteiger partial charge in [-0.15, -0.1) is 0 Å². The van der Waals surface area contributed by atoms with Crippen molar-refractivity contribution < 1.29 is 0 Å². The maximum atomic E-state index is 2.62. The van der Waals surface area contributed by atoms with E-state index in [-0.39, 0.29) is 11.6 Å². The number of fused-ring (bicyclic) bond motifs is 4. The van der Waals surface area contributed by atoms with Gasteiger partial charge in [0.1, 0.15) is 7.28 Å². The van der Waals surface area contributed by atoms with Crippen LogP contribution in [0.2, 0.25) is 0 Å². The van der Waals surface area contributed by atoms with E-state index in [0.29, 0.717) is 0 Å². The largest absolute Gasteiger partial charge is 0.140 e. The van der Waals surface area contributed by atoms with E-state index in [1.165, 1.54) is 77.2 Å². The molecule has 193 valence electrons. The molecule has 0 amide bonds. The number of allylic oxidation sites excluding steroid dienone is 2. The Kier molecular flexibility index (Phi) is 5.60. The van der Waals surface area contributed by atoms with Crippen LogP contribution in [-0.4, -0.2) is 7.28 Å². The molecule has 6 aromatic rings. The third kappa shape index (κ3) is 3.69. The Morgan fingerprint density at radius 1 is 0.390 bits per heavy atom. The summed E-state index contributed by atoms with van der Waals surface area (Å²) < 4.78 is 0. The standard InChI is InChI=1S/C40H30B/c1-25-37(31-23-11-15-27-13-3-5-17-29(27)31)33-19-7-9-21-35(33)39(25)41-40-26(2)38(34-20-8-10-22-36(34)40)32-24-12-16-28-14-4-6-18-30(28)32/h3-24,39-40H,1-2H3. The van der Waals surface area contributed by atoms with E-state index in [1.54, 1.807) is 0 Å². The van der Waals surface area contributed by atoms with E-state index < -0.39 is 0 Å². The smallest absolute Gasteiger partial charge is 0.0653 e. The van der Waals surface area contributed by atoms with Crippen LogP contribution in [-0.2, 0) is 0 Å². The summed E-state index contributed by atoms with van der Waals surface area (Å²) >= 11 is 0. The van der Waals surface area contributed by atoms with Crippen LogP contribution >= 0.6 is 0 Å². The summed E-state index contributed by atoms with van der Waals surface area (Å²) in [5, 5.41) is 5.22. The molecule has 0 heterocycles. The summed E-state index contributed by atoms with van der Waals surface area (Å²) in [5.41, 5.74) is 13.9. The molecule has 0 aromatic heterocycles. The summed E-state index contributed by atoms with van der Waals surface area (Å²) in [6, 6.07) is 49.1. The maximum Gasteiger partial charge on any atom is 0.140 e. The first-order valence-corrected chi connectivity index (χ1v) is 14.6. The molecule has 1 radical (unpaired) electrons. The molecule has 0 nitrogen and oxygen atoms in total. The molecule has 0 saturated carbocycles. The second-order valence-electron chi connectivity index (χ2n) is 11.5. The first kappa shape index (κ1) is 24.2. The fourth-order valence-electron chi connectivity index (χ4n) is 7.48. The van der Waals surface area contributed by atoms with Crippen LogP contribution in [0.25, 0.3) is 32.7 Å². The molecule has 1 heteroatoms. The highest BCUT2D eigenvalue weighted by molar-refractivity contribution is 6.44. The maximum absolute atomic E-state index is 2.62. The number of benzene rings is 6. The number of hydrogen-bond donors (Lipinski definition) is 0. The molecule has 8 rings (SSSR count). The first-order valence-electron chi connectivity index (χ1n) is 14.6. The van der Waals surface area contributed by atoms with Gasteiger partial charge in [0.2, 0.25) is 0 Å². The summed E-state index contributed by atoms with van der Waals surface area (Å²) in [6.45, 7) is 4.70. The summed E-state index contributed by atoms with van der Waals surface area (Å²) in [6.07, 6.45) is 0. The topological polar surface area (TPSA) is 0 Å². The third-order valence-electron chi connectivity index (χ3n) is 9.35. The quantitative estimate of drug-likeness (QED) is 0.203. The Bertz CT molecular complexity index is 1900. The van der Waals surface area contributed by atoms with E-state index in [1.807, 2.05) is 0 Å². The molecular formula is C40H30B. The predicted molar refractivity (Wildman–Crippen MR) is 175 cm³/mol. The second kappa shape index (κ2) is 9.49. The van der Waals surface area contributed by atoms with Crippen molar-refractivity contribution in [3.8, 4) is 0 Å². The van der Waals surface area contributed by atoms with Crippen LogP contribution in [0.4, 0.5) is 0 Å². The molecule has 0 spiro atoms. The van der Waals surface area contributed by atoms with Gasteiger partial charge in [-0.25, -0.2) is 0 Å². The monoisotopic (exact) mass is 521 g/mol. The molecule has 6 aromatic carbocycles. The highest BCUT2D eigenvalue weighted by Crippen LogP contribution is 2.51. The molecule has 2 unspecified atom stereocenters. The average molecular weight is 521 g/mol. The van der Waals surface area contributed by atoms with Gasteiger partial charge >= 0.3 is 0 Å². The molecule has 0 bridgehead atoms. The van der Waals surface area contributed by atoms with Gasteiger partial charge in [0.05, 0.1) is 0 Å². The zero-order chi connectivity index (χ0) is 27.5. The van der Waals surface area contributed by atoms with Gasteiger partial charge in [-0.2, -0.15) is 0 Å². The van der Waals surface area contributed by atoms with Gasteiger partial charge in [-0.1, -0.05) is 145 Å². The highest BCUT2D eigenvalue weighted by atomic mass is 14.3. The van der Waals surface area contributed by atoms with Gasteiger partial charge in [0.25, 0.3) is 0 Å². The van der Waals surface area contributed by atoms with Crippen LogP contribution in [0.3, 0.4) is 0 Å². The lowest BCUT2D eigenvalue weighted by Crippen LogP contribution is -2.16. The summed E-state index contributed by atoms with van der Waals surface area (Å²) in [5.74, 6) is 0.500. The average Bonchev–Trinajstić information content (AvgIpc) is 3.46.